The van der Waals surface area contributed by atoms with Crippen molar-refractivity contribution in [3.63, 3.8) is 0 Å². The molecule has 152 valence electrons. The maximum absolute atomic E-state index is 12.3. The minimum atomic E-state index is -0.242. The molecule has 29 heavy (non-hydrogen) atoms. The number of nitrogens with one attached hydrogen (secondary N) is 2. The highest BCUT2D eigenvalue weighted by Crippen LogP contribution is 2.28. The van der Waals surface area contributed by atoms with Gasteiger partial charge in [0, 0.05) is 5.69 Å². The second-order valence-electron chi connectivity index (χ2n) is 7.18. The SMILES string of the molecule is Cc1cccc(NC(=O)CNC(=O)CN(C)[C@H](C)c2nc3ccccc3s2)c1C. The number of benzene rings is 2. The zero-order chi connectivity index (χ0) is 21.0. The van der Waals surface area contributed by atoms with Crippen molar-refractivity contribution in [2.75, 3.05) is 25.5 Å². The normalized spacial score (nSPS) is 12.2. The van der Waals surface area contributed by atoms with Crippen LogP contribution in [0.3, 0.4) is 0 Å². The van der Waals surface area contributed by atoms with Crippen molar-refractivity contribution in [2.45, 2.75) is 26.8 Å². The Morgan fingerprint density at radius 2 is 1.86 bits per heavy atom. The van der Waals surface area contributed by atoms with Crippen molar-refractivity contribution < 1.29 is 9.59 Å². The molecule has 7 heteroatoms. The number of amides is 2. The average Bonchev–Trinajstić information content (AvgIpc) is 3.13. The van der Waals surface area contributed by atoms with E-state index in [0.29, 0.717) is 0 Å². The van der Waals surface area contributed by atoms with Crippen molar-refractivity contribution in [3.05, 3.63) is 58.6 Å². The van der Waals surface area contributed by atoms with E-state index in [2.05, 4.69) is 15.6 Å². The topological polar surface area (TPSA) is 74.3 Å². The number of hydrogen-bond donors (Lipinski definition) is 2. The molecule has 6 nitrogen and oxygen atoms in total. The first kappa shape index (κ1) is 21.0. The maximum atomic E-state index is 12.3. The number of nitrogens with zero attached hydrogens (tertiary/aromatic N) is 2. The van der Waals surface area contributed by atoms with E-state index >= 15 is 0 Å². The largest absolute Gasteiger partial charge is 0.346 e. The molecular weight excluding hydrogens is 384 g/mol. The van der Waals surface area contributed by atoms with Gasteiger partial charge in [0.2, 0.25) is 11.8 Å². The van der Waals surface area contributed by atoms with Crippen LogP contribution < -0.4 is 10.6 Å². The number of thiazole rings is 1. The first-order valence-corrected chi connectivity index (χ1v) is 10.3. The summed E-state index contributed by atoms with van der Waals surface area (Å²) in [5.41, 5.74) is 3.88. The van der Waals surface area contributed by atoms with Gasteiger partial charge in [-0.15, -0.1) is 11.3 Å². The second kappa shape index (κ2) is 9.15. The van der Waals surface area contributed by atoms with Gasteiger partial charge in [-0.25, -0.2) is 4.98 Å². The predicted octanol–water partition coefficient (Wildman–Crippen LogP) is 3.66. The van der Waals surface area contributed by atoms with Crippen molar-refractivity contribution >= 4 is 39.1 Å². The fourth-order valence-corrected chi connectivity index (χ4v) is 4.02. The number of carbonyl (C=O) groups excluding carboxylic acids is 2. The molecule has 0 aliphatic heterocycles. The standard InChI is InChI=1S/C22H26N4O2S/c1-14-8-7-10-17(15(14)2)24-20(27)12-23-21(28)13-26(4)16(3)22-25-18-9-5-6-11-19(18)29-22/h5-11,16H,12-13H2,1-4H3,(H,23,28)(H,24,27)/t16-/m1/s1. The van der Waals surface area contributed by atoms with Gasteiger partial charge in [-0.05, 0) is 57.1 Å². The Morgan fingerprint density at radius 1 is 1.10 bits per heavy atom. The summed E-state index contributed by atoms with van der Waals surface area (Å²) in [6.45, 7) is 6.11. The smallest absolute Gasteiger partial charge is 0.243 e. The lowest BCUT2D eigenvalue weighted by molar-refractivity contribution is -0.125. The summed E-state index contributed by atoms with van der Waals surface area (Å²) in [6, 6.07) is 13.8. The Hall–Kier alpha value is -2.77. The third-order valence-corrected chi connectivity index (χ3v) is 6.25. The molecule has 2 N–H and O–H groups in total. The fourth-order valence-electron chi connectivity index (χ4n) is 2.94. The Morgan fingerprint density at radius 3 is 2.62 bits per heavy atom. The number of para-hydroxylation sites is 1. The number of rotatable bonds is 7. The highest BCUT2D eigenvalue weighted by molar-refractivity contribution is 7.18. The Bertz CT molecular complexity index is 998. The van der Waals surface area contributed by atoms with Gasteiger partial charge in [-0.1, -0.05) is 24.3 Å². The molecule has 0 unspecified atom stereocenters. The molecule has 0 saturated heterocycles. The number of anilines is 1. The van der Waals surface area contributed by atoms with Crippen molar-refractivity contribution in [2.24, 2.45) is 0 Å². The molecule has 3 rings (SSSR count). The van der Waals surface area contributed by atoms with E-state index < -0.39 is 0 Å². The van der Waals surface area contributed by atoms with Gasteiger partial charge < -0.3 is 10.6 Å². The number of carbonyl (C=O) groups is 2. The fraction of sp³-hybridized carbons (Fsp3) is 0.318. The molecule has 0 saturated carbocycles. The highest BCUT2D eigenvalue weighted by atomic mass is 32.1. The van der Waals surface area contributed by atoms with Crippen molar-refractivity contribution in [3.8, 4) is 0 Å². The van der Waals surface area contributed by atoms with Crippen LogP contribution in [0.25, 0.3) is 10.2 Å². The van der Waals surface area contributed by atoms with E-state index in [1.807, 2.05) is 75.2 Å². The molecule has 0 fully saturated rings. The van der Waals surface area contributed by atoms with Crippen LogP contribution in [0.4, 0.5) is 5.69 Å². The Labute approximate surface area is 174 Å². The van der Waals surface area contributed by atoms with E-state index in [1.165, 1.54) is 0 Å². The zero-order valence-electron chi connectivity index (χ0n) is 17.2. The molecule has 2 amide bonds. The number of aryl methyl sites for hydroxylation is 1. The monoisotopic (exact) mass is 410 g/mol. The van der Waals surface area contributed by atoms with Crippen LogP contribution in [0, 0.1) is 13.8 Å². The molecule has 2 aromatic carbocycles. The molecule has 1 heterocycles. The lowest BCUT2D eigenvalue weighted by atomic mass is 10.1. The second-order valence-corrected chi connectivity index (χ2v) is 8.25. The predicted molar refractivity (Wildman–Crippen MR) is 118 cm³/mol. The third-order valence-electron chi connectivity index (χ3n) is 5.05. The lowest BCUT2D eigenvalue weighted by Crippen LogP contribution is -2.40. The summed E-state index contributed by atoms with van der Waals surface area (Å²) in [7, 11) is 1.88. The number of likely N-dealkylation sites (N-methyl/N-ethyl adjacent to an activating group) is 1. The van der Waals surface area contributed by atoms with E-state index in [4.69, 9.17) is 0 Å². The summed E-state index contributed by atoms with van der Waals surface area (Å²) >= 11 is 1.63. The first-order valence-electron chi connectivity index (χ1n) is 9.53. The molecule has 0 bridgehead atoms. The van der Waals surface area contributed by atoms with E-state index in [9.17, 15) is 9.59 Å². The van der Waals surface area contributed by atoms with Gasteiger partial charge in [0.1, 0.15) is 5.01 Å². The quantitative estimate of drug-likeness (QED) is 0.623. The van der Waals surface area contributed by atoms with Crippen LogP contribution in [0.5, 0.6) is 0 Å². The van der Waals surface area contributed by atoms with E-state index in [0.717, 1.165) is 32.0 Å². The molecule has 0 radical (unpaired) electrons. The maximum Gasteiger partial charge on any atom is 0.243 e. The van der Waals surface area contributed by atoms with Crippen LogP contribution in [0.2, 0.25) is 0 Å². The summed E-state index contributed by atoms with van der Waals surface area (Å²) in [6.07, 6.45) is 0. The van der Waals surface area contributed by atoms with Gasteiger partial charge in [-0.3, -0.25) is 14.5 Å². The number of hydrogen-bond acceptors (Lipinski definition) is 5. The van der Waals surface area contributed by atoms with Gasteiger partial charge in [0.05, 0.1) is 29.3 Å². The minimum Gasteiger partial charge on any atom is -0.346 e. The van der Waals surface area contributed by atoms with Crippen LogP contribution in [-0.4, -0.2) is 41.8 Å². The average molecular weight is 411 g/mol. The van der Waals surface area contributed by atoms with Crippen LogP contribution >= 0.6 is 11.3 Å². The zero-order valence-corrected chi connectivity index (χ0v) is 18.0. The van der Waals surface area contributed by atoms with Crippen LogP contribution in [-0.2, 0) is 9.59 Å². The van der Waals surface area contributed by atoms with Gasteiger partial charge in [0.15, 0.2) is 0 Å². The molecule has 0 aliphatic carbocycles. The van der Waals surface area contributed by atoms with E-state index in [-0.39, 0.29) is 30.9 Å². The first-order chi connectivity index (χ1) is 13.8. The van der Waals surface area contributed by atoms with Crippen LogP contribution in [0.1, 0.15) is 29.1 Å². The number of aromatic nitrogens is 1. The van der Waals surface area contributed by atoms with E-state index in [1.54, 1.807) is 11.3 Å². The number of fused-ring (bicyclic) bond motifs is 1. The summed E-state index contributed by atoms with van der Waals surface area (Å²) in [5, 5.41) is 6.51. The van der Waals surface area contributed by atoms with Gasteiger partial charge in [0.25, 0.3) is 0 Å². The summed E-state index contributed by atoms with van der Waals surface area (Å²) < 4.78 is 1.13. The van der Waals surface area contributed by atoms with Crippen molar-refractivity contribution in [1.29, 1.82) is 0 Å². The van der Waals surface area contributed by atoms with Gasteiger partial charge >= 0.3 is 0 Å². The summed E-state index contributed by atoms with van der Waals surface area (Å²) in [4.78, 5) is 31.0. The minimum absolute atomic E-state index is 0.00178. The lowest BCUT2D eigenvalue weighted by Gasteiger charge is -2.22. The van der Waals surface area contributed by atoms with Gasteiger partial charge in [-0.2, -0.15) is 0 Å². The molecule has 0 spiro atoms. The van der Waals surface area contributed by atoms with Crippen LogP contribution in [0.15, 0.2) is 42.5 Å². The Balaban J connectivity index is 1.50. The van der Waals surface area contributed by atoms with Crippen molar-refractivity contribution in [1.82, 2.24) is 15.2 Å². The Kier molecular flexibility index (Phi) is 6.61. The highest BCUT2D eigenvalue weighted by Gasteiger charge is 2.19. The third kappa shape index (κ3) is 5.19. The molecule has 1 aromatic heterocycles. The summed E-state index contributed by atoms with van der Waals surface area (Å²) in [5.74, 6) is -0.439. The molecular formula is C22H26N4O2S. The molecule has 1 atom stereocenters. The molecule has 3 aromatic rings. The molecule has 0 aliphatic rings.